The van der Waals surface area contributed by atoms with Gasteiger partial charge in [0.2, 0.25) is 0 Å². The lowest BCUT2D eigenvalue weighted by Gasteiger charge is -2.10. The molecule has 4 rings (SSSR count). The molecule has 18 heavy (non-hydrogen) atoms. The van der Waals surface area contributed by atoms with Crippen LogP contribution in [0.25, 0.3) is 11.2 Å². The molecule has 1 saturated heterocycles. The summed E-state index contributed by atoms with van der Waals surface area (Å²) in [5.41, 5.74) is 2.10. The van der Waals surface area contributed by atoms with Crippen molar-refractivity contribution in [3.63, 3.8) is 0 Å². The number of ether oxygens (including phenoxy) is 1. The lowest BCUT2D eigenvalue weighted by atomic mass is 10.0. The van der Waals surface area contributed by atoms with Gasteiger partial charge in [-0.15, -0.1) is 0 Å². The summed E-state index contributed by atoms with van der Waals surface area (Å²) in [5.74, 6) is 1.85. The highest BCUT2D eigenvalue weighted by Gasteiger charge is 2.30. The van der Waals surface area contributed by atoms with Crippen LogP contribution in [0.1, 0.15) is 31.1 Å². The Morgan fingerprint density at radius 2 is 2.28 bits per heavy atom. The average molecular weight is 243 g/mol. The normalized spacial score (nSPS) is 23.9. The fourth-order valence-corrected chi connectivity index (χ4v) is 2.84. The lowest BCUT2D eigenvalue weighted by Crippen LogP contribution is -2.10. The summed E-state index contributed by atoms with van der Waals surface area (Å²) in [5, 5.41) is 0. The van der Waals surface area contributed by atoms with Gasteiger partial charge in [0.05, 0.1) is 0 Å². The molecule has 4 nitrogen and oxygen atoms in total. The van der Waals surface area contributed by atoms with Gasteiger partial charge in [-0.3, -0.25) is 0 Å². The summed E-state index contributed by atoms with van der Waals surface area (Å²) in [6.45, 7) is 1.80. The minimum Gasteiger partial charge on any atom is -0.381 e. The van der Waals surface area contributed by atoms with E-state index in [1.54, 1.807) is 0 Å². The van der Waals surface area contributed by atoms with Crippen LogP contribution in [-0.2, 0) is 11.2 Å². The summed E-state index contributed by atoms with van der Waals surface area (Å²) in [4.78, 5) is 9.29. The largest absolute Gasteiger partial charge is 0.381 e. The van der Waals surface area contributed by atoms with Crippen LogP contribution in [-0.4, -0.2) is 27.7 Å². The van der Waals surface area contributed by atoms with Crippen LogP contribution in [0.2, 0.25) is 0 Å². The third-order valence-corrected chi connectivity index (χ3v) is 3.93. The maximum absolute atomic E-state index is 5.47. The summed E-state index contributed by atoms with van der Waals surface area (Å²) in [6.07, 6.45) is 6.62. The smallest absolute Gasteiger partial charge is 0.160 e. The van der Waals surface area contributed by atoms with Gasteiger partial charge in [0.25, 0.3) is 0 Å². The van der Waals surface area contributed by atoms with Crippen LogP contribution in [0, 0.1) is 5.92 Å². The SMILES string of the molecule is c1cnc2c(c1)nc(CC1CCOC1)n2C1CC1. The van der Waals surface area contributed by atoms with Crippen molar-refractivity contribution in [3.8, 4) is 0 Å². The molecule has 1 saturated carbocycles. The molecule has 94 valence electrons. The number of nitrogens with zero attached hydrogens (tertiary/aromatic N) is 3. The van der Waals surface area contributed by atoms with Gasteiger partial charge >= 0.3 is 0 Å². The van der Waals surface area contributed by atoms with Crippen molar-refractivity contribution in [2.24, 2.45) is 5.92 Å². The van der Waals surface area contributed by atoms with Crippen molar-refractivity contribution in [2.75, 3.05) is 13.2 Å². The van der Waals surface area contributed by atoms with E-state index in [4.69, 9.17) is 9.72 Å². The zero-order valence-corrected chi connectivity index (χ0v) is 10.4. The van der Waals surface area contributed by atoms with E-state index in [1.807, 2.05) is 12.3 Å². The molecule has 1 atom stereocenters. The molecule has 0 aromatic carbocycles. The van der Waals surface area contributed by atoms with Gasteiger partial charge in [-0.1, -0.05) is 0 Å². The van der Waals surface area contributed by atoms with E-state index in [1.165, 1.54) is 25.1 Å². The highest BCUT2D eigenvalue weighted by molar-refractivity contribution is 5.71. The van der Waals surface area contributed by atoms with E-state index < -0.39 is 0 Å². The molecule has 4 heteroatoms. The van der Waals surface area contributed by atoms with Gasteiger partial charge in [-0.05, 0) is 37.3 Å². The van der Waals surface area contributed by atoms with Crippen LogP contribution in [0.3, 0.4) is 0 Å². The number of pyridine rings is 1. The van der Waals surface area contributed by atoms with Crippen molar-refractivity contribution >= 4 is 11.2 Å². The molecule has 2 aromatic rings. The van der Waals surface area contributed by atoms with Crippen molar-refractivity contribution in [1.29, 1.82) is 0 Å². The molecule has 3 heterocycles. The molecule has 2 aliphatic rings. The van der Waals surface area contributed by atoms with Crippen LogP contribution >= 0.6 is 0 Å². The number of rotatable bonds is 3. The van der Waals surface area contributed by atoms with E-state index in [2.05, 4.69) is 15.6 Å². The Balaban J connectivity index is 1.75. The molecule has 0 radical (unpaired) electrons. The van der Waals surface area contributed by atoms with Crippen molar-refractivity contribution < 1.29 is 4.74 Å². The first-order valence-electron chi connectivity index (χ1n) is 6.81. The fourth-order valence-electron chi connectivity index (χ4n) is 2.84. The number of aromatic nitrogens is 3. The fraction of sp³-hybridized carbons (Fsp3) is 0.571. The Kier molecular flexibility index (Phi) is 2.36. The maximum Gasteiger partial charge on any atom is 0.160 e. The second-order valence-electron chi connectivity index (χ2n) is 5.41. The highest BCUT2D eigenvalue weighted by Crippen LogP contribution is 2.38. The third kappa shape index (κ3) is 1.72. The molecule has 1 unspecified atom stereocenters. The molecule has 0 spiro atoms. The van der Waals surface area contributed by atoms with E-state index in [-0.39, 0.29) is 0 Å². The Morgan fingerprint density at radius 1 is 1.33 bits per heavy atom. The van der Waals surface area contributed by atoms with Crippen LogP contribution in [0.4, 0.5) is 0 Å². The Bertz CT molecular complexity index is 567. The summed E-state index contributed by atoms with van der Waals surface area (Å²) >= 11 is 0. The Hall–Kier alpha value is -1.42. The number of imidazole rings is 1. The molecule has 1 aliphatic carbocycles. The summed E-state index contributed by atoms with van der Waals surface area (Å²) < 4.78 is 7.84. The van der Waals surface area contributed by atoms with E-state index >= 15 is 0 Å². The molecule has 1 aliphatic heterocycles. The van der Waals surface area contributed by atoms with Crippen LogP contribution in [0.15, 0.2) is 18.3 Å². The molecule has 2 aromatic heterocycles. The maximum atomic E-state index is 5.47. The average Bonchev–Trinajstić information content (AvgIpc) is 2.97. The van der Waals surface area contributed by atoms with Gasteiger partial charge < -0.3 is 9.30 Å². The molecular formula is C14H17N3O. The second-order valence-corrected chi connectivity index (χ2v) is 5.41. The van der Waals surface area contributed by atoms with Crippen LogP contribution in [0.5, 0.6) is 0 Å². The van der Waals surface area contributed by atoms with Crippen molar-refractivity contribution in [2.45, 2.75) is 31.7 Å². The minimum absolute atomic E-state index is 0.638. The molecule has 2 fully saturated rings. The monoisotopic (exact) mass is 243 g/mol. The number of hydrogen-bond acceptors (Lipinski definition) is 3. The van der Waals surface area contributed by atoms with Gasteiger partial charge in [0.15, 0.2) is 5.65 Å². The molecular weight excluding hydrogens is 226 g/mol. The van der Waals surface area contributed by atoms with E-state index in [9.17, 15) is 0 Å². The molecule has 0 amide bonds. The Labute approximate surface area is 106 Å². The first-order chi connectivity index (χ1) is 8.92. The first kappa shape index (κ1) is 10.5. The quantitative estimate of drug-likeness (QED) is 0.830. The summed E-state index contributed by atoms with van der Waals surface area (Å²) in [7, 11) is 0. The number of hydrogen-bond donors (Lipinski definition) is 0. The second kappa shape index (κ2) is 4.05. The van der Waals surface area contributed by atoms with Gasteiger partial charge in [0, 0.05) is 31.9 Å². The van der Waals surface area contributed by atoms with Crippen LogP contribution < -0.4 is 0 Å². The molecule has 0 N–H and O–H groups in total. The van der Waals surface area contributed by atoms with Gasteiger partial charge in [-0.25, -0.2) is 9.97 Å². The van der Waals surface area contributed by atoms with Gasteiger partial charge in [-0.2, -0.15) is 0 Å². The third-order valence-electron chi connectivity index (χ3n) is 3.93. The first-order valence-corrected chi connectivity index (χ1v) is 6.81. The number of fused-ring (bicyclic) bond motifs is 1. The zero-order chi connectivity index (χ0) is 11.9. The molecule has 0 bridgehead atoms. The minimum atomic E-state index is 0.638. The van der Waals surface area contributed by atoms with Crippen molar-refractivity contribution in [1.82, 2.24) is 14.5 Å². The Morgan fingerprint density at radius 3 is 3.06 bits per heavy atom. The summed E-state index contributed by atoms with van der Waals surface area (Å²) in [6, 6.07) is 4.67. The van der Waals surface area contributed by atoms with E-state index in [0.717, 1.165) is 30.8 Å². The lowest BCUT2D eigenvalue weighted by molar-refractivity contribution is 0.185. The topological polar surface area (TPSA) is 39.9 Å². The standard InChI is InChI=1S/C14H17N3O/c1-2-12-14(15-6-1)17(11-3-4-11)13(16-12)8-10-5-7-18-9-10/h1-2,6,10-11H,3-5,7-9H2. The van der Waals surface area contributed by atoms with Crippen molar-refractivity contribution in [3.05, 3.63) is 24.2 Å². The predicted octanol–water partition coefficient (Wildman–Crippen LogP) is 2.35. The van der Waals surface area contributed by atoms with Gasteiger partial charge in [0.1, 0.15) is 11.3 Å². The van der Waals surface area contributed by atoms with E-state index in [0.29, 0.717) is 12.0 Å². The predicted molar refractivity (Wildman–Crippen MR) is 68.4 cm³/mol. The highest BCUT2D eigenvalue weighted by atomic mass is 16.5. The zero-order valence-electron chi connectivity index (χ0n) is 10.4.